The molecule has 0 saturated carbocycles. The van der Waals surface area contributed by atoms with E-state index in [4.69, 9.17) is 5.73 Å². The number of nitrogens with zero attached hydrogens (tertiary/aromatic N) is 2. The van der Waals surface area contributed by atoms with Gasteiger partial charge in [-0.2, -0.15) is 0 Å². The van der Waals surface area contributed by atoms with Crippen molar-refractivity contribution in [3.05, 3.63) is 53.9 Å². The largest absolute Gasteiger partial charge is 0.399 e. The lowest BCUT2D eigenvalue weighted by atomic mass is 9.92. The van der Waals surface area contributed by atoms with Gasteiger partial charge in [0, 0.05) is 36.6 Å². The van der Waals surface area contributed by atoms with Gasteiger partial charge in [-0.15, -0.1) is 0 Å². The molecule has 1 aliphatic heterocycles. The third-order valence-corrected chi connectivity index (χ3v) is 3.96. The van der Waals surface area contributed by atoms with Crippen LogP contribution in [0.25, 0.3) is 0 Å². The number of halogens is 2. The second-order valence-electron chi connectivity index (χ2n) is 5.35. The van der Waals surface area contributed by atoms with Crippen LogP contribution in [-0.2, 0) is 0 Å². The Labute approximate surface area is 122 Å². The second kappa shape index (κ2) is 5.68. The molecule has 0 atom stereocenters. The van der Waals surface area contributed by atoms with Crippen LogP contribution in [0.5, 0.6) is 0 Å². The molecule has 5 heteroatoms. The first-order chi connectivity index (χ1) is 10.1. The van der Waals surface area contributed by atoms with Gasteiger partial charge in [0.05, 0.1) is 0 Å². The quantitative estimate of drug-likeness (QED) is 0.862. The van der Waals surface area contributed by atoms with Crippen LogP contribution in [0.4, 0.5) is 20.2 Å². The van der Waals surface area contributed by atoms with Crippen molar-refractivity contribution in [2.45, 2.75) is 18.8 Å². The first kappa shape index (κ1) is 13.8. The third kappa shape index (κ3) is 2.82. The third-order valence-electron chi connectivity index (χ3n) is 3.96. The van der Waals surface area contributed by atoms with Crippen LogP contribution in [0.2, 0.25) is 0 Å². The van der Waals surface area contributed by atoms with Gasteiger partial charge in [-0.3, -0.25) is 4.98 Å². The molecule has 0 bridgehead atoms. The number of hydrogen-bond acceptors (Lipinski definition) is 3. The molecular formula is C16H17F2N3. The molecule has 21 heavy (non-hydrogen) atoms. The van der Waals surface area contributed by atoms with Crippen molar-refractivity contribution in [2.24, 2.45) is 0 Å². The van der Waals surface area contributed by atoms with Gasteiger partial charge in [-0.05, 0) is 37.1 Å². The van der Waals surface area contributed by atoms with Crippen molar-refractivity contribution in [3.8, 4) is 0 Å². The van der Waals surface area contributed by atoms with Gasteiger partial charge in [-0.1, -0.05) is 6.07 Å². The van der Waals surface area contributed by atoms with Gasteiger partial charge in [-0.25, -0.2) is 8.78 Å². The molecule has 3 nitrogen and oxygen atoms in total. The lowest BCUT2D eigenvalue weighted by Crippen LogP contribution is -2.34. The molecule has 1 aliphatic rings. The van der Waals surface area contributed by atoms with E-state index < -0.39 is 11.6 Å². The van der Waals surface area contributed by atoms with E-state index >= 15 is 0 Å². The van der Waals surface area contributed by atoms with Crippen molar-refractivity contribution < 1.29 is 8.78 Å². The van der Waals surface area contributed by atoms with Crippen molar-refractivity contribution in [1.82, 2.24) is 4.98 Å². The fraction of sp³-hybridized carbons (Fsp3) is 0.312. The van der Waals surface area contributed by atoms with E-state index in [0.29, 0.717) is 19.0 Å². The molecule has 3 rings (SSSR count). The molecule has 0 radical (unpaired) electrons. The Bertz CT molecular complexity index is 600. The zero-order valence-electron chi connectivity index (χ0n) is 11.6. The van der Waals surface area contributed by atoms with Crippen molar-refractivity contribution in [1.29, 1.82) is 0 Å². The molecule has 0 amide bonds. The number of nitrogens with two attached hydrogens (primary N) is 1. The Balaban J connectivity index is 1.75. The van der Waals surface area contributed by atoms with Crippen molar-refractivity contribution in [3.63, 3.8) is 0 Å². The SMILES string of the molecule is Nc1cc(F)c(N2CCC(c3ccccn3)CC2)c(F)c1. The number of hydrogen-bond donors (Lipinski definition) is 1. The minimum absolute atomic E-state index is 0.0312. The maximum atomic E-state index is 13.9. The van der Waals surface area contributed by atoms with E-state index in [-0.39, 0.29) is 11.4 Å². The molecule has 1 aromatic carbocycles. The van der Waals surface area contributed by atoms with Crippen molar-refractivity contribution in [2.75, 3.05) is 23.7 Å². The summed E-state index contributed by atoms with van der Waals surface area (Å²) >= 11 is 0. The average molecular weight is 289 g/mol. The predicted molar refractivity (Wildman–Crippen MR) is 79.2 cm³/mol. The van der Waals surface area contributed by atoms with Crippen molar-refractivity contribution >= 4 is 11.4 Å². The monoisotopic (exact) mass is 289 g/mol. The van der Waals surface area contributed by atoms with Gasteiger partial charge in [0.25, 0.3) is 0 Å². The lowest BCUT2D eigenvalue weighted by Gasteiger charge is -2.33. The minimum Gasteiger partial charge on any atom is -0.399 e. The number of pyridine rings is 1. The normalized spacial score (nSPS) is 16.2. The second-order valence-corrected chi connectivity index (χ2v) is 5.35. The van der Waals surface area contributed by atoms with E-state index in [2.05, 4.69) is 4.98 Å². The summed E-state index contributed by atoms with van der Waals surface area (Å²) in [6.07, 6.45) is 3.45. The molecule has 0 aliphatic carbocycles. The smallest absolute Gasteiger partial charge is 0.151 e. The highest BCUT2D eigenvalue weighted by Crippen LogP contribution is 2.32. The fourth-order valence-corrected chi connectivity index (χ4v) is 2.90. The Morgan fingerprint density at radius 1 is 1.10 bits per heavy atom. The molecule has 2 N–H and O–H groups in total. The van der Waals surface area contributed by atoms with Gasteiger partial charge < -0.3 is 10.6 Å². The summed E-state index contributed by atoms with van der Waals surface area (Å²) in [6.45, 7) is 1.22. The highest BCUT2D eigenvalue weighted by molar-refractivity contribution is 5.56. The summed E-state index contributed by atoms with van der Waals surface area (Å²) in [5, 5.41) is 0. The molecule has 1 fully saturated rings. The van der Waals surface area contributed by atoms with Crippen LogP contribution in [-0.4, -0.2) is 18.1 Å². The summed E-state index contributed by atoms with van der Waals surface area (Å²) in [4.78, 5) is 6.12. The zero-order valence-corrected chi connectivity index (χ0v) is 11.6. The van der Waals surface area contributed by atoms with Gasteiger partial charge in [0.2, 0.25) is 0 Å². The van der Waals surface area contributed by atoms with E-state index in [0.717, 1.165) is 18.5 Å². The Morgan fingerprint density at radius 3 is 2.33 bits per heavy atom. The lowest BCUT2D eigenvalue weighted by molar-refractivity contribution is 0.479. The first-order valence-corrected chi connectivity index (χ1v) is 7.05. The molecule has 2 aromatic rings. The van der Waals surface area contributed by atoms with Crippen LogP contribution in [0, 0.1) is 11.6 Å². The van der Waals surface area contributed by atoms with Crippen LogP contribution in [0.15, 0.2) is 36.5 Å². The number of anilines is 2. The van der Waals surface area contributed by atoms with E-state index in [1.807, 2.05) is 18.2 Å². The van der Waals surface area contributed by atoms with Gasteiger partial charge >= 0.3 is 0 Å². The number of nitrogen functional groups attached to an aromatic ring is 1. The predicted octanol–water partition coefficient (Wildman–Crippen LogP) is 3.33. The van der Waals surface area contributed by atoms with E-state index in [1.165, 1.54) is 12.1 Å². The highest BCUT2D eigenvalue weighted by atomic mass is 19.1. The molecule has 0 unspecified atom stereocenters. The van der Waals surface area contributed by atoms with Crippen LogP contribution in [0.3, 0.4) is 0 Å². The molecular weight excluding hydrogens is 272 g/mol. The van der Waals surface area contributed by atoms with Gasteiger partial charge in [0.15, 0.2) is 11.6 Å². The highest BCUT2D eigenvalue weighted by Gasteiger charge is 2.25. The van der Waals surface area contributed by atoms with Crippen LogP contribution in [0.1, 0.15) is 24.5 Å². The molecule has 1 saturated heterocycles. The summed E-state index contributed by atoms with van der Waals surface area (Å²) in [6, 6.07) is 8.20. The Hall–Kier alpha value is -2.17. The standard InChI is InChI=1S/C16H17F2N3/c17-13-9-12(19)10-14(18)16(13)21-7-4-11(5-8-21)15-3-1-2-6-20-15/h1-3,6,9-11H,4-5,7-8,19H2. The topological polar surface area (TPSA) is 42.1 Å². The summed E-state index contributed by atoms with van der Waals surface area (Å²) in [5.41, 5.74) is 6.64. The van der Waals surface area contributed by atoms with Gasteiger partial charge in [0.1, 0.15) is 5.69 Å². The fourth-order valence-electron chi connectivity index (χ4n) is 2.90. The number of rotatable bonds is 2. The Morgan fingerprint density at radius 2 is 1.76 bits per heavy atom. The van der Waals surface area contributed by atoms with Crippen LogP contribution >= 0.6 is 0 Å². The minimum atomic E-state index is -0.594. The maximum Gasteiger partial charge on any atom is 0.151 e. The Kier molecular flexibility index (Phi) is 3.73. The summed E-state index contributed by atoms with van der Waals surface area (Å²) in [7, 11) is 0. The summed E-state index contributed by atoms with van der Waals surface area (Å²) < 4.78 is 27.9. The zero-order chi connectivity index (χ0) is 14.8. The number of piperidine rings is 1. The molecule has 110 valence electrons. The molecule has 2 heterocycles. The summed E-state index contributed by atoms with van der Waals surface area (Å²) in [5.74, 6) is -0.838. The van der Waals surface area contributed by atoms with E-state index in [9.17, 15) is 8.78 Å². The average Bonchev–Trinajstić information content (AvgIpc) is 2.48. The number of benzene rings is 1. The van der Waals surface area contributed by atoms with E-state index in [1.54, 1.807) is 11.1 Å². The number of aromatic nitrogens is 1. The first-order valence-electron chi connectivity index (χ1n) is 7.05. The molecule has 0 spiro atoms. The molecule has 1 aromatic heterocycles. The maximum absolute atomic E-state index is 13.9. The van der Waals surface area contributed by atoms with Crippen LogP contribution < -0.4 is 10.6 Å².